The van der Waals surface area contributed by atoms with Crippen molar-refractivity contribution in [1.29, 1.82) is 0 Å². The summed E-state index contributed by atoms with van der Waals surface area (Å²) in [5.41, 5.74) is 7.51. The van der Waals surface area contributed by atoms with Crippen LogP contribution in [0.1, 0.15) is 18.2 Å². The summed E-state index contributed by atoms with van der Waals surface area (Å²) in [6, 6.07) is 3.36. The number of aryl methyl sites for hydroxylation is 2. The molecule has 4 nitrogen and oxygen atoms in total. The van der Waals surface area contributed by atoms with Crippen molar-refractivity contribution in [2.45, 2.75) is 19.9 Å². The smallest absolute Gasteiger partial charge is 0.148 e. The van der Waals surface area contributed by atoms with Crippen LogP contribution in [0, 0.1) is 11.6 Å². The molecule has 6 heteroatoms. The summed E-state index contributed by atoms with van der Waals surface area (Å²) < 4.78 is 28.1. The van der Waals surface area contributed by atoms with Crippen LogP contribution in [0.3, 0.4) is 0 Å². The second-order valence-corrected chi connectivity index (χ2v) is 4.28. The molecule has 19 heavy (non-hydrogen) atoms. The molecular formula is C13H16F2N4. The van der Waals surface area contributed by atoms with E-state index in [4.69, 9.17) is 5.73 Å². The summed E-state index contributed by atoms with van der Waals surface area (Å²) in [5.74, 6) is -0.309. The number of halogens is 2. The van der Waals surface area contributed by atoms with E-state index in [2.05, 4.69) is 10.4 Å². The third kappa shape index (κ3) is 2.67. The zero-order valence-electron chi connectivity index (χ0n) is 10.9. The van der Waals surface area contributed by atoms with Crippen LogP contribution in [-0.2, 0) is 20.0 Å². The number of nitrogen functional groups attached to an aromatic ring is 1. The van der Waals surface area contributed by atoms with Gasteiger partial charge in [-0.15, -0.1) is 0 Å². The normalized spacial score (nSPS) is 10.7. The molecule has 0 spiro atoms. The number of nitrogens with one attached hydrogen (secondary N) is 1. The fraction of sp³-hybridized carbons (Fsp3) is 0.308. The Morgan fingerprint density at radius 2 is 2.11 bits per heavy atom. The Balaban J connectivity index is 2.19. The lowest BCUT2D eigenvalue weighted by molar-refractivity contribution is 0.587. The standard InChI is InChI=1S/C13H16F2N4/c1-3-11-12(16)13(19(2)18-11)17-7-8-6-9(14)4-5-10(8)15/h4-6,17H,3,7,16H2,1-2H3. The van der Waals surface area contributed by atoms with Crippen molar-refractivity contribution in [2.24, 2.45) is 7.05 Å². The van der Waals surface area contributed by atoms with Gasteiger partial charge in [-0.25, -0.2) is 8.78 Å². The molecule has 102 valence electrons. The summed E-state index contributed by atoms with van der Waals surface area (Å²) in [6.45, 7) is 2.10. The molecule has 0 unspecified atom stereocenters. The van der Waals surface area contributed by atoms with Gasteiger partial charge < -0.3 is 11.1 Å². The van der Waals surface area contributed by atoms with Crippen LogP contribution < -0.4 is 11.1 Å². The number of nitrogens with two attached hydrogens (primary N) is 1. The van der Waals surface area contributed by atoms with Crippen molar-refractivity contribution in [3.8, 4) is 0 Å². The van der Waals surface area contributed by atoms with Gasteiger partial charge in [-0.3, -0.25) is 4.68 Å². The largest absolute Gasteiger partial charge is 0.394 e. The van der Waals surface area contributed by atoms with Crippen LogP contribution in [0.4, 0.5) is 20.3 Å². The predicted molar refractivity (Wildman–Crippen MR) is 70.7 cm³/mol. The third-order valence-corrected chi connectivity index (χ3v) is 2.95. The third-order valence-electron chi connectivity index (χ3n) is 2.95. The highest BCUT2D eigenvalue weighted by atomic mass is 19.1. The van der Waals surface area contributed by atoms with Crippen molar-refractivity contribution in [1.82, 2.24) is 9.78 Å². The van der Waals surface area contributed by atoms with E-state index >= 15 is 0 Å². The Hall–Kier alpha value is -2.11. The van der Waals surface area contributed by atoms with Gasteiger partial charge >= 0.3 is 0 Å². The van der Waals surface area contributed by atoms with Crippen molar-refractivity contribution in [3.63, 3.8) is 0 Å². The number of benzene rings is 1. The summed E-state index contributed by atoms with van der Waals surface area (Å²) in [7, 11) is 1.75. The first-order valence-corrected chi connectivity index (χ1v) is 6.02. The summed E-state index contributed by atoms with van der Waals surface area (Å²) >= 11 is 0. The zero-order chi connectivity index (χ0) is 14.0. The maximum atomic E-state index is 13.5. The number of rotatable bonds is 4. The van der Waals surface area contributed by atoms with Gasteiger partial charge in [-0.2, -0.15) is 5.10 Å². The highest BCUT2D eigenvalue weighted by Gasteiger charge is 2.12. The molecule has 0 amide bonds. The molecule has 0 saturated carbocycles. The van der Waals surface area contributed by atoms with Gasteiger partial charge in [0, 0.05) is 19.2 Å². The molecule has 1 heterocycles. The number of nitrogens with zero attached hydrogens (tertiary/aromatic N) is 2. The number of hydrogen-bond donors (Lipinski definition) is 2. The van der Waals surface area contributed by atoms with E-state index < -0.39 is 11.6 Å². The summed E-state index contributed by atoms with van der Waals surface area (Å²) in [4.78, 5) is 0. The zero-order valence-corrected chi connectivity index (χ0v) is 10.9. The molecule has 0 aliphatic heterocycles. The molecule has 0 atom stereocenters. The first-order valence-electron chi connectivity index (χ1n) is 6.02. The van der Waals surface area contributed by atoms with Crippen LogP contribution in [0.2, 0.25) is 0 Å². The van der Waals surface area contributed by atoms with E-state index in [0.29, 0.717) is 11.5 Å². The summed E-state index contributed by atoms with van der Waals surface area (Å²) in [5, 5.41) is 7.23. The Morgan fingerprint density at radius 3 is 2.74 bits per heavy atom. The van der Waals surface area contributed by atoms with Gasteiger partial charge in [-0.05, 0) is 24.6 Å². The van der Waals surface area contributed by atoms with Crippen LogP contribution >= 0.6 is 0 Å². The number of anilines is 2. The second kappa shape index (κ2) is 5.26. The van der Waals surface area contributed by atoms with Gasteiger partial charge in [0.2, 0.25) is 0 Å². The Kier molecular flexibility index (Phi) is 3.69. The number of hydrogen-bond acceptors (Lipinski definition) is 3. The molecule has 0 aliphatic rings. The van der Waals surface area contributed by atoms with Gasteiger partial charge in [0.1, 0.15) is 17.5 Å². The predicted octanol–water partition coefficient (Wildman–Crippen LogP) is 2.46. The molecule has 0 radical (unpaired) electrons. The minimum absolute atomic E-state index is 0.149. The van der Waals surface area contributed by atoms with Gasteiger partial charge in [0.05, 0.1) is 11.4 Å². The van der Waals surface area contributed by atoms with E-state index in [1.165, 1.54) is 0 Å². The molecule has 2 aromatic rings. The van der Waals surface area contributed by atoms with Gasteiger partial charge in [-0.1, -0.05) is 6.92 Å². The number of aromatic nitrogens is 2. The first-order chi connectivity index (χ1) is 9.02. The SMILES string of the molecule is CCc1nn(C)c(NCc2cc(F)ccc2F)c1N. The highest BCUT2D eigenvalue weighted by Crippen LogP contribution is 2.23. The topological polar surface area (TPSA) is 55.9 Å². The Bertz CT molecular complexity index is 593. The van der Waals surface area contributed by atoms with Crippen LogP contribution in [0.25, 0.3) is 0 Å². The lowest BCUT2D eigenvalue weighted by atomic mass is 10.2. The molecule has 2 rings (SSSR count). The fourth-order valence-corrected chi connectivity index (χ4v) is 1.92. The fourth-order valence-electron chi connectivity index (χ4n) is 1.92. The minimum atomic E-state index is -0.467. The van der Waals surface area contributed by atoms with E-state index in [1.54, 1.807) is 11.7 Å². The lowest BCUT2D eigenvalue weighted by Crippen LogP contribution is -2.08. The quantitative estimate of drug-likeness (QED) is 0.893. The van der Waals surface area contributed by atoms with Crippen molar-refractivity contribution < 1.29 is 8.78 Å². The average molecular weight is 266 g/mol. The molecule has 0 fully saturated rings. The molecule has 0 aliphatic carbocycles. The summed E-state index contributed by atoms with van der Waals surface area (Å²) in [6.07, 6.45) is 0.718. The van der Waals surface area contributed by atoms with Crippen LogP contribution in [0.15, 0.2) is 18.2 Å². The molecule has 1 aromatic carbocycles. The van der Waals surface area contributed by atoms with Crippen molar-refractivity contribution in [2.75, 3.05) is 11.1 Å². The van der Waals surface area contributed by atoms with E-state index in [-0.39, 0.29) is 12.1 Å². The van der Waals surface area contributed by atoms with E-state index in [1.807, 2.05) is 6.92 Å². The maximum absolute atomic E-state index is 13.5. The highest BCUT2D eigenvalue weighted by molar-refractivity contribution is 5.65. The van der Waals surface area contributed by atoms with Crippen molar-refractivity contribution in [3.05, 3.63) is 41.1 Å². The first kappa shape index (κ1) is 13.3. The second-order valence-electron chi connectivity index (χ2n) is 4.28. The van der Waals surface area contributed by atoms with Gasteiger partial charge in [0.25, 0.3) is 0 Å². The maximum Gasteiger partial charge on any atom is 0.148 e. The lowest BCUT2D eigenvalue weighted by Gasteiger charge is -2.08. The Labute approximate surface area is 110 Å². The molecule has 1 aromatic heterocycles. The minimum Gasteiger partial charge on any atom is -0.394 e. The van der Waals surface area contributed by atoms with E-state index in [9.17, 15) is 8.78 Å². The van der Waals surface area contributed by atoms with E-state index in [0.717, 1.165) is 30.3 Å². The monoisotopic (exact) mass is 266 g/mol. The van der Waals surface area contributed by atoms with Crippen LogP contribution in [-0.4, -0.2) is 9.78 Å². The van der Waals surface area contributed by atoms with Gasteiger partial charge in [0.15, 0.2) is 0 Å². The Morgan fingerprint density at radius 1 is 1.37 bits per heavy atom. The molecule has 0 saturated heterocycles. The molecule has 3 N–H and O–H groups in total. The average Bonchev–Trinajstić information content (AvgIpc) is 2.66. The molecule has 0 bridgehead atoms. The molecular weight excluding hydrogens is 250 g/mol. The van der Waals surface area contributed by atoms with Crippen LogP contribution in [0.5, 0.6) is 0 Å². The van der Waals surface area contributed by atoms with Crippen molar-refractivity contribution >= 4 is 11.5 Å².